The first-order chi connectivity index (χ1) is 12.5. The highest BCUT2D eigenvalue weighted by Gasteiger charge is 2.29. The predicted octanol–water partition coefficient (Wildman–Crippen LogP) is 2.72. The summed E-state index contributed by atoms with van der Waals surface area (Å²) < 4.78 is 26.9. The quantitative estimate of drug-likeness (QED) is 0.787. The molecule has 2 aromatic carbocycles. The summed E-state index contributed by atoms with van der Waals surface area (Å²) in [5.41, 5.74) is 1.15. The van der Waals surface area contributed by atoms with Gasteiger partial charge in [-0.15, -0.1) is 0 Å². The van der Waals surface area contributed by atoms with Crippen molar-refractivity contribution in [2.45, 2.75) is 11.4 Å². The molecule has 0 amide bonds. The van der Waals surface area contributed by atoms with E-state index in [1.807, 2.05) is 35.2 Å². The van der Waals surface area contributed by atoms with Crippen molar-refractivity contribution in [2.75, 3.05) is 26.2 Å². The van der Waals surface area contributed by atoms with Gasteiger partial charge in [0.15, 0.2) is 5.11 Å². The second-order valence-electron chi connectivity index (χ2n) is 5.99. The van der Waals surface area contributed by atoms with E-state index < -0.39 is 10.0 Å². The van der Waals surface area contributed by atoms with Crippen LogP contribution in [0, 0.1) is 0 Å². The van der Waals surface area contributed by atoms with Crippen LogP contribution in [-0.2, 0) is 16.6 Å². The molecule has 8 heteroatoms. The van der Waals surface area contributed by atoms with Crippen molar-refractivity contribution in [1.29, 1.82) is 0 Å². The maximum atomic E-state index is 12.7. The van der Waals surface area contributed by atoms with Crippen LogP contribution in [0.5, 0.6) is 0 Å². The molecule has 1 fully saturated rings. The molecule has 1 N–H and O–H groups in total. The van der Waals surface area contributed by atoms with Gasteiger partial charge in [-0.25, -0.2) is 8.42 Å². The molecule has 2 aromatic rings. The molecule has 0 aliphatic carbocycles. The van der Waals surface area contributed by atoms with Crippen LogP contribution in [0.3, 0.4) is 0 Å². The summed E-state index contributed by atoms with van der Waals surface area (Å²) in [6.45, 7) is 2.55. The minimum Gasteiger partial charge on any atom is -0.358 e. The second-order valence-corrected chi connectivity index (χ2v) is 8.75. The van der Waals surface area contributed by atoms with Crippen LogP contribution in [0.1, 0.15) is 5.56 Å². The molecular formula is C18H20ClN3O2S2. The Morgan fingerprint density at radius 3 is 2.38 bits per heavy atom. The van der Waals surface area contributed by atoms with Crippen LogP contribution in [0.15, 0.2) is 59.5 Å². The Hall–Kier alpha value is -1.67. The van der Waals surface area contributed by atoms with Crippen molar-refractivity contribution < 1.29 is 8.42 Å². The van der Waals surface area contributed by atoms with E-state index in [0.717, 1.165) is 5.56 Å². The predicted molar refractivity (Wildman–Crippen MR) is 108 cm³/mol. The van der Waals surface area contributed by atoms with Crippen molar-refractivity contribution in [2.24, 2.45) is 0 Å². The van der Waals surface area contributed by atoms with Gasteiger partial charge in [-0.1, -0.05) is 48.0 Å². The molecule has 1 saturated heterocycles. The molecule has 1 aliphatic rings. The monoisotopic (exact) mass is 409 g/mol. The normalized spacial score (nSPS) is 15.7. The molecule has 1 heterocycles. The van der Waals surface area contributed by atoms with E-state index in [2.05, 4.69) is 5.32 Å². The Labute approximate surface area is 164 Å². The molecule has 0 spiro atoms. The van der Waals surface area contributed by atoms with Crippen LogP contribution in [-0.4, -0.2) is 48.9 Å². The summed E-state index contributed by atoms with van der Waals surface area (Å²) in [6, 6.07) is 16.4. The average molecular weight is 410 g/mol. The molecule has 1 aliphatic heterocycles. The highest BCUT2D eigenvalue weighted by Crippen LogP contribution is 2.20. The average Bonchev–Trinajstić information content (AvgIpc) is 2.67. The molecule has 26 heavy (non-hydrogen) atoms. The highest BCUT2D eigenvalue weighted by atomic mass is 35.5. The fourth-order valence-electron chi connectivity index (χ4n) is 2.79. The van der Waals surface area contributed by atoms with Crippen molar-refractivity contribution in [3.05, 3.63) is 65.2 Å². The van der Waals surface area contributed by atoms with Crippen LogP contribution >= 0.6 is 23.8 Å². The summed E-state index contributed by atoms with van der Waals surface area (Å²) >= 11 is 11.4. The van der Waals surface area contributed by atoms with Crippen LogP contribution in [0.4, 0.5) is 0 Å². The molecular weight excluding hydrogens is 390 g/mol. The Morgan fingerprint density at radius 2 is 1.73 bits per heavy atom. The van der Waals surface area contributed by atoms with Gasteiger partial charge in [-0.2, -0.15) is 4.31 Å². The lowest BCUT2D eigenvalue weighted by molar-refractivity contribution is 0.264. The Morgan fingerprint density at radius 1 is 1.04 bits per heavy atom. The maximum absolute atomic E-state index is 12.7. The number of nitrogens with zero attached hydrogens (tertiary/aromatic N) is 2. The van der Waals surface area contributed by atoms with Gasteiger partial charge < -0.3 is 10.2 Å². The summed E-state index contributed by atoms with van der Waals surface area (Å²) in [5, 5.41) is 4.29. The number of hydrogen-bond acceptors (Lipinski definition) is 3. The number of piperazine rings is 1. The number of rotatable bonds is 4. The number of hydrogen-bond donors (Lipinski definition) is 1. The number of halogens is 1. The van der Waals surface area contributed by atoms with Crippen molar-refractivity contribution in [3.63, 3.8) is 0 Å². The first kappa shape index (κ1) is 19.1. The number of sulfonamides is 1. The fraction of sp³-hybridized carbons (Fsp3) is 0.278. The third-order valence-corrected chi connectivity index (χ3v) is 6.78. The zero-order chi connectivity index (χ0) is 18.6. The van der Waals surface area contributed by atoms with Gasteiger partial charge in [-0.05, 0) is 36.0 Å². The summed E-state index contributed by atoms with van der Waals surface area (Å²) in [6.07, 6.45) is 0. The number of benzene rings is 2. The Kier molecular flexibility index (Phi) is 6.13. The Bertz CT molecular complexity index is 867. The van der Waals surface area contributed by atoms with E-state index in [-0.39, 0.29) is 4.90 Å². The lowest BCUT2D eigenvalue weighted by Gasteiger charge is -2.35. The smallest absolute Gasteiger partial charge is 0.243 e. The van der Waals surface area contributed by atoms with Gasteiger partial charge in [0, 0.05) is 37.7 Å². The molecule has 0 atom stereocenters. The summed E-state index contributed by atoms with van der Waals surface area (Å²) in [4.78, 5) is 2.23. The fourth-order valence-corrected chi connectivity index (χ4v) is 4.77. The molecule has 0 unspecified atom stereocenters. The van der Waals surface area contributed by atoms with Crippen molar-refractivity contribution >= 4 is 39.0 Å². The third kappa shape index (κ3) is 4.54. The number of nitrogens with one attached hydrogen (secondary N) is 1. The molecule has 0 bridgehead atoms. The van der Waals surface area contributed by atoms with E-state index in [1.165, 1.54) is 10.4 Å². The van der Waals surface area contributed by atoms with E-state index in [4.69, 9.17) is 23.8 Å². The molecule has 0 aromatic heterocycles. The topological polar surface area (TPSA) is 52.7 Å². The standard InChI is InChI=1S/C18H20ClN3O2S2/c19-16-7-4-8-17(13-16)26(23,24)22-11-9-21(10-12-22)18(25)20-14-15-5-2-1-3-6-15/h1-8,13H,9-12,14H2,(H,20,25). The largest absolute Gasteiger partial charge is 0.358 e. The zero-order valence-electron chi connectivity index (χ0n) is 14.1. The molecule has 5 nitrogen and oxygen atoms in total. The lowest BCUT2D eigenvalue weighted by atomic mass is 10.2. The van der Waals surface area contributed by atoms with Crippen LogP contribution in [0.25, 0.3) is 0 Å². The summed E-state index contributed by atoms with van der Waals surface area (Å²) in [5.74, 6) is 0. The van der Waals surface area contributed by atoms with Crippen molar-refractivity contribution in [3.8, 4) is 0 Å². The minimum atomic E-state index is -3.53. The SMILES string of the molecule is O=S(=O)(c1cccc(Cl)c1)N1CCN(C(=S)NCc2ccccc2)CC1. The molecule has 138 valence electrons. The van der Waals surface area contributed by atoms with E-state index in [9.17, 15) is 8.42 Å². The van der Waals surface area contributed by atoms with Gasteiger partial charge in [0.2, 0.25) is 10.0 Å². The number of thiocarbonyl (C=S) groups is 1. The molecule has 3 rings (SSSR count). The summed E-state index contributed by atoms with van der Waals surface area (Å²) in [7, 11) is -3.53. The Balaban J connectivity index is 1.56. The van der Waals surface area contributed by atoms with E-state index >= 15 is 0 Å². The van der Waals surface area contributed by atoms with E-state index in [1.54, 1.807) is 18.2 Å². The third-order valence-electron chi connectivity index (χ3n) is 4.25. The van der Waals surface area contributed by atoms with Gasteiger partial charge in [0.1, 0.15) is 0 Å². The first-order valence-electron chi connectivity index (χ1n) is 8.29. The highest BCUT2D eigenvalue weighted by molar-refractivity contribution is 7.89. The van der Waals surface area contributed by atoms with Gasteiger partial charge in [0.05, 0.1) is 4.90 Å². The lowest BCUT2D eigenvalue weighted by Crippen LogP contribution is -2.52. The van der Waals surface area contributed by atoms with Gasteiger partial charge in [0.25, 0.3) is 0 Å². The molecule has 0 saturated carbocycles. The van der Waals surface area contributed by atoms with Crippen LogP contribution < -0.4 is 5.32 Å². The van der Waals surface area contributed by atoms with E-state index in [0.29, 0.717) is 42.9 Å². The van der Waals surface area contributed by atoms with Gasteiger partial charge in [-0.3, -0.25) is 0 Å². The zero-order valence-corrected chi connectivity index (χ0v) is 16.5. The van der Waals surface area contributed by atoms with Gasteiger partial charge >= 0.3 is 0 Å². The second kappa shape index (κ2) is 8.35. The van der Waals surface area contributed by atoms with Crippen molar-refractivity contribution in [1.82, 2.24) is 14.5 Å². The first-order valence-corrected chi connectivity index (χ1v) is 10.5. The maximum Gasteiger partial charge on any atom is 0.243 e. The molecule has 0 radical (unpaired) electrons. The van der Waals surface area contributed by atoms with Crippen LogP contribution in [0.2, 0.25) is 5.02 Å². The minimum absolute atomic E-state index is 0.225.